The van der Waals surface area contributed by atoms with Crippen molar-refractivity contribution in [3.63, 3.8) is 0 Å². The highest BCUT2D eigenvalue weighted by Gasteiger charge is 2.22. The smallest absolute Gasteiger partial charge is 0.412 e. The van der Waals surface area contributed by atoms with Crippen molar-refractivity contribution in [2.24, 2.45) is 0 Å². The number of amides is 1. The fourth-order valence-corrected chi connectivity index (χ4v) is 1.90. The molecule has 1 aliphatic heterocycles. The van der Waals surface area contributed by atoms with Crippen LogP contribution in [0.1, 0.15) is 19.8 Å². The lowest BCUT2D eigenvalue weighted by Gasteiger charge is -2.26. The molecule has 0 unspecified atom stereocenters. The Kier molecular flexibility index (Phi) is 3.57. The van der Waals surface area contributed by atoms with E-state index in [1.54, 1.807) is 6.08 Å². The number of carboxylic acid groups (broad SMARTS) is 1. The molecule has 0 radical (unpaired) electrons. The molecule has 0 aliphatic carbocycles. The number of hydrogen-bond donors (Lipinski definition) is 2. The van der Waals surface area contributed by atoms with E-state index < -0.39 is 16.1 Å². The predicted molar refractivity (Wildman–Crippen MR) is 54.6 cm³/mol. The molecule has 0 spiro atoms. The highest BCUT2D eigenvalue weighted by Crippen LogP contribution is 2.13. The molecule has 1 amide bonds. The van der Waals surface area contributed by atoms with Crippen molar-refractivity contribution in [2.75, 3.05) is 12.3 Å². The Labute approximate surface area is 88.6 Å². The molecular formula is C8H14N2O4S. The molecule has 7 heteroatoms. The highest BCUT2D eigenvalue weighted by atomic mass is 32.2. The van der Waals surface area contributed by atoms with Gasteiger partial charge in [0.05, 0.1) is 5.75 Å². The summed E-state index contributed by atoms with van der Waals surface area (Å²) in [5.41, 5.74) is 0. The molecule has 1 rings (SSSR count). The van der Waals surface area contributed by atoms with E-state index in [2.05, 4.69) is 4.72 Å². The Balaban J connectivity index is 2.83. The molecule has 0 aromatic heterocycles. The van der Waals surface area contributed by atoms with Gasteiger partial charge in [0.2, 0.25) is 10.0 Å². The van der Waals surface area contributed by atoms with Gasteiger partial charge in [0.25, 0.3) is 0 Å². The maximum absolute atomic E-state index is 11.3. The molecule has 2 N–H and O–H groups in total. The van der Waals surface area contributed by atoms with Crippen molar-refractivity contribution in [2.45, 2.75) is 19.8 Å². The van der Waals surface area contributed by atoms with Crippen LogP contribution in [0.2, 0.25) is 0 Å². The zero-order chi connectivity index (χ0) is 11.5. The lowest BCUT2D eigenvalue weighted by atomic mass is 10.2. The zero-order valence-electron chi connectivity index (χ0n) is 8.43. The van der Waals surface area contributed by atoms with Gasteiger partial charge in [-0.15, -0.1) is 0 Å². The minimum absolute atomic E-state index is 0.0716. The molecular weight excluding hydrogens is 220 g/mol. The number of allylic oxidation sites excluding steroid dienone is 1. The van der Waals surface area contributed by atoms with Crippen LogP contribution in [0.5, 0.6) is 0 Å². The maximum Gasteiger partial charge on any atom is 0.412 e. The van der Waals surface area contributed by atoms with E-state index >= 15 is 0 Å². The van der Waals surface area contributed by atoms with E-state index in [-0.39, 0.29) is 11.6 Å². The third kappa shape index (κ3) is 3.12. The average Bonchev–Trinajstić information content (AvgIpc) is 2.18. The van der Waals surface area contributed by atoms with E-state index in [9.17, 15) is 13.2 Å². The van der Waals surface area contributed by atoms with E-state index in [0.29, 0.717) is 19.4 Å². The molecule has 0 saturated heterocycles. The summed E-state index contributed by atoms with van der Waals surface area (Å²) in [5.74, 6) is 0.0771. The van der Waals surface area contributed by atoms with Gasteiger partial charge in [-0.25, -0.2) is 13.2 Å². The number of sulfonamides is 1. The van der Waals surface area contributed by atoms with Gasteiger partial charge >= 0.3 is 6.09 Å². The molecule has 1 aliphatic rings. The van der Waals surface area contributed by atoms with Gasteiger partial charge in [0.1, 0.15) is 5.82 Å². The third-order valence-corrected chi connectivity index (χ3v) is 3.37. The molecule has 0 saturated carbocycles. The Hall–Kier alpha value is -1.24. The minimum atomic E-state index is -3.41. The Bertz CT molecular complexity index is 374. The number of carbonyl (C=O) groups is 1. The van der Waals surface area contributed by atoms with Crippen LogP contribution < -0.4 is 4.72 Å². The van der Waals surface area contributed by atoms with Gasteiger partial charge in [0, 0.05) is 6.54 Å². The first kappa shape index (κ1) is 11.8. The second-order valence-electron chi connectivity index (χ2n) is 3.17. The summed E-state index contributed by atoms with van der Waals surface area (Å²) in [7, 11) is -3.41. The van der Waals surface area contributed by atoms with Crippen LogP contribution in [-0.4, -0.2) is 36.8 Å². The number of rotatable bonds is 3. The maximum atomic E-state index is 11.3. The van der Waals surface area contributed by atoms with Crippen molar-refractivity contribution in [1.29, 1.82) is 0 Å². The van der Waals surface area contributed by atoms with Crippen LogP contribution in [0, 0.1) is 0 Å². The topological polar surface area (TPSA) is 86.7 Å². The molecule has 1 heterocycles. The van der Waals surface area contributed by atoms with Crippen molar-refractivity contribution in [3.8, 4) is 0 Å². The second kappa shape index (κ2) is 4.52. The molecule has 0 fully saturated rings. The summed E-state index contributed by atoms with van der Waals surface area (Å²) >= 11 is 0. The molecule has 0 bridgehead atoms. The van der Waals surface area contributed by atoms with Crippen molar-refractivity contribution >= 4 is 16.1 Å². The van der Waals surface area contributed by atoms with Crippen molar-refractivity contribution < 1.29 is 18.3 Å². The van der Waals surface area contributed by atoms with Gasteiger partial charge in [-0.05, 0) is 25.8 Å². The first-order valence-electron chi connectivity index (χ1n) is 4.67. The van der Waals surface area contributed by atoms with Gasteiger partial charge in [-0.3, -0.25) is 9.62 Å². The second-order valence-corrected chi connectivity index (χ2v) is 5.18. The largest absolute Gasteiger partial charge is 0.465 e. The van der Waals surface area contributed by atoms with Gasteiger partial charge in [-0.1, -0.05) is 0 Å². The van der Waals surface area contributed by atoms with E-state index in [1.165, 1.54) is 6.92 Å². The van der Waals surface area contributed by atoms with E-state index in [4.69, 9.17) is 5.11 Å². The van der Waals surface area contributed by atoms with Crippen molar-refractivity contribution in [1.82, 2.24) is 9.62 Å². The fraction of sp³-hybridized carbons (Fsp3) is 0.625. The standard InChI is InChI=1S/C8H14N2O4S/c1-2-15(13,14)9-7-5-3-4-6-10(7)8(11)12/h5,9H,2-4,6H2,1H3,(H,11,12). The summed E-state index contributed by atoms with van der Waals surface area (Å²) in [6.07, 6.45) is 1.85. The third-order valence-electron chi connectivity index (χ3n) is 2.09. The number of nitrogens with zero attached hydrogens (tertiary/aromatic N) is 1. The lowest BCUT2D eigenvalue weighted by Crippen LogP contribution is -2.41. The van der Waals surface area contributed by atoms with Gasteiger partial charge in [-0.2, -0.15) is 0 Å². The summed E-state index contributed by atoms with van der Waals surface area (Å²) in [6, 6.07) is 0. The quantitative estimate of drug-likeness (QED) is 0.746. The SMILES string of the molecule is CCS(=O)(=O)NC1=CCCCN1C(=O)O. The van der Waals surface area contributed by atoms with Crippen LogP contribution in [0.25, 0.3) is 0 Å². The van der Waals surface area contributed by atoms with Crippen LogP contribution in [0.3, 0.4) is 0 Å². The Morgan fingerprint density at radius 1 is 1.67 bits per heavy atom. The normalized spacial score (nSPS) is 17.1. The summed E-state index contributed by atoms with van der Waals surface area (Å²) in [6.45, 7) is 1.82. The predicted octanol–water partition coefficient (Wildman–Crippen LogP) is 0.541. The van der Waals surface area contributed by atoms with Crippen LogP contribution in [-0.2, 0) is 10.0 Å². The zero-order valence-corrected chi connectivity index (χ0v) is 9.25. The molecule has 6 nitrogen and oxygen atoms in total. The van der Waals surface area contributed by atoms with E-state index in [0.717, 1.165) is 4.90 Å². The first-order valence-corrected chi connectivity index (χ1v) is 6.32. The Morgan fingerprint density at radius 3 is 2.87 bits per heavy atom. The average molecular weight is 234 g/mol. The van der Waals surface area contributed by atoms with E-state index in [1.807, 2.05) is 0 Å². The summed E-state index contributed by atoms with van der Waals surface area (Å²) in [5, 5.41) is 8.83. The number of hydrogen-bond acceptors (Lipinski definition) is 3. The number of nitrogens with one attached hydrogen (secondary N) is 1. The molecule has 15 heavy (non-hydrogen) atoms. The van der Waals surface area contributed by atoms with Crippen LogP contribution in [0.4, 0.5) is 4.79 Å². The summed E-state index contributed by atoms with van der Waals surface area (Å²) in [4.78, 5) is 11.8. The molecule has 86 valence electrons. The first-order chi connectivity index (χ1) is 6.96. The molecule has 0 aromatic rings. The minimum Gasteiger partial charge on any atom is -0.465 e. The Morgan fingerprint density at radius 2 is 2.33 bits per heavy atom. The van der Waals surface area contributed by atoms with Crippen LogP contribution >= 0.6 is 0 Å². The molecule has 0 atom stereocenters. The van der Waals surface area contributed by atoms with Crippen molar-refractivity contribution in [3.05, 3.63) is 11.9 Å². The summed E-state index contributed by atoms with van der Waals surface area (Å²) < 4.78 is 24.8. The monoisotopic (exact) mass is 234 g/mol. The molecule has 0 aromatic carbocycles. The van der Waals surface area contributed by atoms with Gasteiger partial charge < -0.3 is 5.11 Å². The lowest BCUT2D eigenvalue weighted by molar-refractivity contribution is 0.154. The van der Waals surface area contributed by atoms with Crippen LogP contribution in [0.15, 0.2) is 11.9 Å². The fourth-order valence-electron chi connectivity index (χ4n) is 1.25. The van der Waals surface area contributed by atoms with Gasteiger partial charge in [0.15, 0.2) is 0 Å². The highest BCUT2D eigenvalue weighted by molar-refractivity contribution is 7.89.